The molecule has 1 fully saturated rings. The first-order valence-electron chi connectivity index (χ1n) is 5.47. The third-order valence-electron chi connectivity index (χ3n) is 2.93. The average molecular weight is 238 g/mol. The normalized spacial score (nSPS) is 16.6. The quantitative estimate of drug-likeness (QED) is 0.817. The predicted octanol–water partition coefficient (Wildman–Crippen LogP) is 2.06. The van der Waals surface area contributed by atoms with E-state index in [-0.39, 0.29) is 10.8 Å². The zero-order valence-electron chi connectivity index (χ0n) is 9.08. The zero-order chi connectivity index (χ0) is 11.5. The first kappa shape index (κ1) is 11.5. The minimum atomic E-state index is -0.211. The minimum absolute atomic E-state index is 0.211. The van der Waals surface area contributed by atoms with E-state index in [2.05, 4.69) is 4.90 Å². The fourth-order valence-corrected chi connectivity index (χ4v) is 2.14. The maximum atomic E-state index is 13.7. The highest BCUT2D eigenvalue weighted by Crippen LogP contribution is 2.16. The molecule has 86 valence electrons. The summed E-state index contributed by atoms with van der Waals surface area (Å²) >= 11 is 4.81. The van der Waals surface area contributed by atoms with Crippen LogP contribution in [-0.2, 0) is 6.54 Å². The molecule has 1 saturated heterocycles. The van der Waals surface area contributed by atoms with Crippen molar-refractivity contribution in [1.29, 1.82) is 0 Å². The Hall–Kier alpha value is -1.00. The summed E-state index contributed by atoms with van der Waals surface area (Å²) in [4.78, 5) is 2.50. The lowest BCUT2D eigenvalue weighted by Crippen LogP contribution is -2.19. The van der Waals surface area contributed by atoms with Crippen LogP contribution in [0.3, 0.4) is 0 Å². The first-order valence-corrected chi connectivity index (χ1v) is 5.88. The van der Waals surface area contributed by atoms with E-state index in [0.29, 0.717) is 12.1 Å². The highest BCUT2D eigenvalue weighted by atomic mass is 32.1. The van der Waals surface area contributed by atoms with Crippen molar-refractivity contribution in [3.8, 4) is 0 Å². The van der Waals surface area contributed by atoms with Crippen molar-refractivity contribution in [3.05, 3.63) is 35.1 Å². The molecule has 0 aromatic heterocycles. The van der Waals surface area contributed by atoms with E-state index in [9.17, 15) is 4.39 Å². The van der Waals surface area contributed by atoms with E-state index in [1.165, 1.54) is 18.9 Å². The van der Waals surface area contributed by atoms with Gasteiger partial charge in [-0.3, -0.25) is 4.90 Å². The maximum Gasteiger partial charge on any atom is 0.128 e. The van der Waals surface area contributed by atoms with Crippen molar-refractivity contribution in [2.24, 2.45) is 5.73 Å². The molecule has 1 aromatic carbocycles. The molecule has 1 aliphatic rings. The summed E-state index contributed by atoms with van der Waals surface area (Å²) in [5.74, 6) is -0.211. The molecule has 0 spiro atoms. The van der Waals surface area contributed by atoms with Gasteiger partial charge in [0.15, 0.2) is 0 Å². The summed E-state index contributed by atoms with van der Waals surface area (Å²) < 4.78 is 13.7. The molecule has 0 radical (unpaired) electrons. The van der Waals surface area contributed by atoms with E-state index in [1.54, 1.807) is 12.1 Å². The van der Waals surface area contributed by atoms with Gasteiger partial charge in [-0.1, -0.05) is 24.4 Å². The van der Waals surface area contributed by atoms with Crippen LogP contribution in [0.4, 0.5) is 4.39 Å². The lowest BCUT2D eigenvalue weighted by atomic mass is 10.1. The van der Waals surface area contributed by atoms with Crippen molar-refractivity contribution in [3.63, 3.8) is 0 Å². The van der Waals surface area contributed by atoms with Crippen molar-refractivity contribution in [1.82, 2.24) is 4.90 Å². The molecular formula is C12H15FN2S. The van der Waals surface area contributed by atoms with Gasteiger partial charge in [-0.2, -0.15) is 0 Å². The van der Waals surface area contributed by atoms with Crippen LogP contribution in [0.15, 0.2) is 18.2 Å². The third kappa shape index (κ3) is 2.57. The maximum absolute atomic E-state index is 13.7. The first-order chi connectivity index (χ1) is 7.66. The van der Waals surface area contributed by atoms with Crippen LogP contribution in [0.25, 0.3) is 0 Å². The summed E-state index contributed by atoms with van der Waals surface area (Å²) in [5, 5.41) is 0. The number of nitrogens with zero attached hydrogens (tertiary/aromatic N) is 1. The zero-order valence-corrected chi connectivity index (χ0v) is 9.89. The lowest BCUT2D eigenvalue weighted by molar-refractivity contribution is 0.325. The van der Waals surface area contributed by atoms with E-state index >= 15 is 0 Å². The Balaban J connectivity index is 2.12. The highest BCUT2D eigenvalue weighted by molar-refractivity contribution is 7.80. The molecule has 0 aliphatic carbocycles. The van der Waals surface area contributed by atoms with Crippen LogP contribution < -0.4 is 5.73 Å². The third-order valence-corrected chi connectivity index (χ3v) is 3.17. The summed E-state index contributed by atoms with van der Waals surface area (Å²) in [6.07, 6.45) is 2.43. The molecular weight excluding hydrogens is 223 g/mol. The molecule has 2 N–H and O–H groups in total. The highest BCUT2D eigenvalue weighted by Gasteiger charge is 2.14. The predicted molar refractivity (Wildman–Crippen MR) is 66.8 cm³/mol. The molecule has 2 nitrogen and oxygen atoms in total. The Bertz CT molecular complexity index is 400. The minimum Gasteiger partial charge on any atom is -0.389 e. The Kier molecular flexibility index (Phi) is 3.51. The topological polar surface area (TPSA) is 29.3 Å². The van der Waals surface area contributed by atoms with Gasteiger partial charge in [0, 0.05) is 17.7 Å². The molecule has 4 heteroatoms. The standard InChI is InChI=1S/C12H15FN2S/c13-11-7-9(12(14)16)3-4-10(11)8-15-5-1-2-6-15/h3-4,7H,1-2,5-6,8H2,(H2,14,16). The van der Waals surface area contributed by atoms with Crippen LogP contribution in [0.2, 0.25) is 0 Å². The number of hydrogen-bond donors (Lipinski definition) is 1. The smallest absolute Gasteiger partial charge is 0.128 e. The van der Waals surface area contributed by atoms with Crippen molar-refractivity contribution in [2.45, 2.75) is 19.4 Å². The number of thiocarbonyl (C=S) groups is 1. The van der Waals surface area contributed by atoms with Crippen LogP contribution in [0, 0.1) is 5.82 Å². The molecule has 0 unspecified atom stereocenters. The molecule has 16 heavy (non-hydrogen) atoms. The molecule has 1 aromatic rings. The van der Waals surface area contributed by atoms with Gasteiger partial charge < -0.3 is 5.73 Å². The number of likely N-dealkylation sites (tertiary alicyclic amines) is 1. The molecule has 0 amide bonds. The van der Waals surface area contributed by atoms with Crippen molar-refractivity contribution in [2.75, 3.05) is 13.1 Å². The second kappa shape index (κ2) is 4.89. The van der Waals surface area contributed by atoms with Crippen molar-refractivity contribution < 1.29 is 4.39 Å². The largest absolute Gasteiger partial charge is 0.389 e. The fourth-order valence-electron chi connectivity index (χ4n) is 2.01. The van der Waals surface area contributed by atoms with E-state index in [0.717, 1.165) is 18.7 Å². The monoisotopic (exact) mass is 238 g/mol. The van der Waals surface area contributed by atoms with Gasteiger partial charge in [0.25, 0.3) is 0 Å². The number of halogens is 1. The average Bonchev–Trinajstić information content (AvgIpc) is 2.73. The summed E-state index contributed by atoms with van der Waals surface area (Å²) in [7, 11) is 0. The van der Waals surface area contributed by atoms with Crippen LogP contribution >= 0.6 is 12.2 Å². The second-order valence-corrected chi connectivity index (χ2v) is 4.59. The van der Waals surface area contributed by atoms with Gasteiger partial charge in [-0.05, 0) is 32.0 Å². The van der Waals surface area contributed by atoms with Gasteiger partial charge in [0.05, 0.1) is 0 Å². The SMILES string of the molecule is NC(=S)c1ccc(CN2CCCC2)c(F)c1. The van der Waals surface area contributed by atoms with E-state index in [4.69, 9.17) is 18.0 Å². The Morgan fingerprint density at radius 2 is 2.06 bits per heavy atom. The van der Waals surface area contributed by atoms with Gasteiger partial charge in [0.2, 0.25) is 0 Å². The summed E-state index contributed by atoms with van der Waals surface area (Å²) in [6, 6.07) is 4.99. The number of nitrogens with two attached hydrogens (primary N) is 1. The Labute approximate surface area is 100 Å². The second-order valence-electron chi connectivity index (χ2n) is 4.15. The Morgan fingerprint density at radius 1 is 1.38 bits per heavy atom. The fraction of sp³-hybridized carbons (Fsp3) is 0.417. The van der Waals surface area contributed by atoms with Gasteiger partial charge in [0.1, 0.15) is 10.8 Å². The van der Waals surface area contributed by atoms with Gasteiger partial charge in [-0.15, -0.1) is 0 Å². The number of rotatable bonds is 3. The van der Waals surface area contributed by atoms with Gasteiger partial charge >= 0.3 is 0 Å². The lowest BCUT2D eigenvalue weighted by Gasteiger charge is -2.15. The Morgan fingerprint density at radius 3 is 2.62 bits per heavy atom. The van der Waals surface area contributed by atoms with Crippen LogP contribution in [-0.4, -0.2) is 23.0 Å². The summed E-state index contributed by atoms with van der Waals surface area (Å²) in [5.41, 5.74) is 6.77. The molecule has 1 aliphatic heterocycles. The molecule has 2 rings (SSSR count). The molecule has 0 bridgehead atoms. The molecule has 1 heterocycles. The molecule has 0 atom stereocenters. The summed E-state index contributed by atoms with van der Waals surface area (Å²) in [6.45, 7) is 2.82. The molecule has 0 saturated carbocycles. The van der Waals surface area contributed by atoms with Crippen LogP contribution in [0.5, 0.6) is 0 Å². The van der Waals surface area contributed by atoms with Crippen molar-refractivity contribution >= 4 is 17.2 Å². The van der Waals surface area contributed by atoms with Gasteiger partial charge in [-0.25, -0.2) is 4.39 Å². The van der Waals surface area contributed by atoms with E-state index in [1.807, 2.05) is 0 Å². The van der Waals surface area contributed by atoms with Crippen LogP contribution in [0.1, 0.15) is 24.0 Å². The number of benzene rings is 1. The number of hydrogen-bond acceptors (Lipinski definition) is 2. The van der Waals surface area contributed by atoms with E-state index < -0.39 is 0 Å².